The van der Waals surface area contributed by atoms with Crippen LogP contribution in [0.5, 0.6) is 0 Å². The molecule has 1 saturated carbocycles. The molecule has 2 aromatic rings. The third-order valence-electron chi connectivity index (χ3n) is 6.56. The molecule has 0 amide bonds. The van der Waals surface area contributed by atoms with Gasteiger partial charge in [-0.05, 0) is 52.0 Å². The van der Waals surface area contributed by atoms with Crippen molar-refractivity contribution in [2.75, 3.05) is 13.1 Å². The van der Waals surface area contributed by atoms with Gasteiger partial charge >= 0.3 is 0 Å². The summed E-state index contributed by atoms with van der Waals surface area (Å²) in [4.78, 5) is 9.73. The summed E-state index contributed by atoms with van der Waals surface area (Å²) in [6.07, 6.45) is 7.02. The highest BCUT2D eigenvalue weighted by molar-refractivity contribution is 14.0. The van der Waals surface area contributed by atoms with Crippen LogP contribution in [0, 0.1) is 6.92 Å². The summed E-state index contributed by atoms with van der Waals surface area (Å²) in [6.45, 7) is 8.91. The summed E-state index contributed by atoms with van der Waals surface area (Å²) >= 11 is 0. The van der Waals surface area contributed by atoms with Crippen LogP contribution >= 0.6 is 24.0 Å². The van der Waals surface area contributed by atoms with E-state index in [4.69, 9.17) is 4.99 Å². The molecule has 2 atom stereocenters. The molecule has 1 aliphatic carbocycles. The Balaban J connectivity index is 0.00000289. The first-order valence-electron chi connectivity index (χ1n) is 11.9. The number of nitrogens with zero attached hydrogens (tertiary/aromatic N) is 4. The lowest BCUT2D eigenvalue weighted by Gasteiger charge is -2.33. The molecule has 176 valence electrons. The van der Waals surface area contributed by atoms with E-state index in [1.54, 1.807) is 0 Å². The molecule has 2 unspecified atom stereocenters. The van der Waals surface area contributed by atoms with Gasteiger partial charge in [0.25, 0.3) is 0 Å². The van der Waals surface area contributed by atoms with Crippen molar-refractivity contribution in [3.05, 3.63) is 47.5 Å². The van der Waals surface area contributed by atoms with E-state index in [2.05, 4.69) is 70.2 Å². The number of fused-ring (bicyclic) bond motifs is 1. The second-order valence-corrected chi connectivity index (χ2v) is 9.04. The lowest BCUT2D eigenvalue weighted by Crippen LogP contribution is -2.48. The number of aryl methyl sites for hydroxylation is 2. The molecule has 2 heterocycles. The average Bonchev–Trinajstić information content (AvgIpc) is 3.39. The Kier molecular flexibility index (Phi) is 8.93. The van der Waals surface area contributed by atoms with E-state index in [1.807, 2.05) is 11.6 Å². The smallest absolute Gasteiger partial charge is 0.191 e. The van der Waals surface area contributed by atoms with Crippen LogP contribution < -0.4 is 16.0 Å². The second kappa shape index (κ2) is 11.4. The number of rotatable bonds is 7. The van der Waals surface area contributed by atoms with Gasteiger partial charge < -0.3 is 16.0 Å². The van der Waals surface area contributed by atoms with Crippen molar-refractivity contribution in [2.45, 2.75) is 83.5 Å². The summed E-state index contributed by atoms with van der Waals surface area (Å²) in [5.74, 6) is 2.75. The first kappa shape index (κ1) is 25.0. The second-order valence-electron chi connectivity index (χ2n) is 9.04. The maximum Gasteiger partial charge on any atom is 0.191 e. The third-order valence-corrected chi connectivity index (χ3v) is 6.56. The van der Waals surface area contributed by atoms with Gasteiger partial charge in [-0.2, -0.15) is 5.10 Å². The van der Waals surface area contributed by atoms with E-state index in [0.717, 1.165) is 50.1 Å². The van der Waals surface area contributed by atoms with Gasteiger partial charge in [-0.25, -0.2) is 9.67 Å². The fourth-order valence-electron chi connectivity index (χ4n) is 5.00. The molecule has 1 aliphatic heterocycles. The van der Waals surface area contributed by atoms with Crippen molar-refractivity contribution in [2.24, 2.45) is 4.99 Å². The fourth-order valence-corrected chi connectivity index (χ4v) is 5.00. The normalized spacial score (nSPS) is 20.8. The summed E-state index contributed by atoms with van der Waals surface area (Å²) in [7, 11) is 0. The first-order valence-corrected chi connectivity index (χ1v) is 11.9. The minimum Gasteiger partial charge on any atom is -0.357 e. The topological polar surface area (TPSA) is 79.2 Å². The van der Waals surface area contributed by atoms with Crippen molar-refractivity contribution in [3.8, 4) is 0 Å². The van der Waals surface area contributed by atoms with E-state index < -0.39 is 0 Å². The largest absolute Gasteiger partial charge is 0.357 e. The first-order chi connectivity index (χ1) is 15.1. The van der Waals surface area contributed by atoms with E-state index in [1.165, 1.54) is 31.2 Å². The van der Waals surface area contributed by atoms with Crippen molar-refractivity contribution < 1.29 is 0 Å². The van der Waals surface area contributed by atoms with Gasteiger partial charge in [0.1, 0.15) is 11.6 Å². The Morgan fingerprint density at radius 2 is 1.97 bits per heavy atom. The molecular formula is C24H38IN7. The summed E-state index contributed by atoms with van der Waals surface area (Å²) in [5.41, 5.74) is 1.39. The molecule has 1 aromatic carbocycles. The van der Waals surface area contributed by atoms with Crippen LogP contribution in [0.4, 0.5) is 0 Å². The molecule has 8 heteroatoms. The SMILES string of the molecule is CCNC(=NCC1(NC(C)c2ccccc2)CCCC1)NC1CCCn2nc(C)nc21.I. The minimum atomic E-state index is 0. The zero-order valence-electron chi connectivity index (χ0n) is 19.6. The number of halogens is 1. The number of benzene rings is 1. The highest BCUT2D eigenvalue weighted by atomic mass is 127. The highest BCUT2D eigenvalue weighted by Crippen LogP contribution is 2.33. The van der Waals surface area contributed by atoms with E-state index in [-0.39, 0.29) is 35.6 Å². The Morgan fingerprint density at radius 3 is 2.69 bits per heavy atom. The maximum absolute atomic E-state index is 5.06. The molecule has 0 bridgehead atoms. The molecule has 0 spiro atoms. The molecular weight excluding hydrogens is 513 g/mol. The molecule has 32 heavy (non-hydrogen) atoms. The van der Waals surface area contributed by atoms with Crippen LogP contribution in [-0.4, -0.2) is 39.4 Å². The van der Waals surface area contributed by atoms with Crippen LogP contribution in [0.15, 0.2) is 35.3 Å². The molecule has 0 saturated heterocycles. The number of hydrogen-bond donors (Lipinski definition) is 3. The van der Waals surface area contributed by atoms with E-state index in [0.29, 0.717) is 6.04 Å². The summed E-state index contributed by atoms with van der Waals surface area (Å²) in [5, 5.41) is 15.6. The van der Waals surface area contributed by atoms with Crippen molar-refractivity contribution in [1.82, 2.24) is 30.7 Å². The van der Waals surface area contributed by atoms with Crippen LogP contribution in [0.2, 0.25) is 0 Å². The number of nitrogens with one attached hydrogen (secondary N) is 3. The number of hydrogen-bond acceptors (Lipinski definition) is 4. The lowest BCUT2D eigenvalue weighted by atomic mass is 9.95. The van der Waals surface area contributed by atoms with Crippen LogP contribution in [0.1, 0.15) is 81.7 Å². The molecule has 2 aliphatic rings. The number of guanidine groups is 1. The van der Waals surface area contributed by atoms with Gasteiger partial charge in [0.15, 0.2) is 5.96 Å². The maximum atomic E-state index is 5.06. The predicted molar refractivity (Wildman–Crippen MR) is 140 cm³/mol. The Morgan fingerprint density at radius 1 is 1.22 bits per heavy atom. The number of aliphatic imine (C=N–C) groups is 1. The molecule has 1 fully saturated rings. The van der Waals surface area contributed by atoms with Crippen LogP contribution in [0.25, 0.3) is 0 Å². The van der Waals surface area contributed by atoms with E-state index >= 15 is 0 Å². The van der Waals surface area contributed by atoms with Gasteiger partial charge in [0.05, 0.1) is 12.6 Å². The minimum absolute atomic E-state index is 0. The van der Waals surface area contributed by atoms with Crippen LogP contribution in [0.3, 0.4) is 0 Å². The van der Waals surface area contributed by atoms with Gasteiger partial charge in [-0.15, -0.1) is 24.0 Å². The summed E-state index contributed by atoms with van der Waals surface area (Å²) < 4.78 is 2.04. The van der Waals surface area contributed by atoms with Gasteiger partial charge in [0, 0.05) is 24.7 Å². The van der Waals surface area contributed by atoms with Gasteiger partial charge in [0.2, 0.25) is 0 Å². The molecule has 7 nitrogen and oxygen atoms in total. The zero-order chi connectivity index (χ0) is 21.7. The van der Waals surface area contributed by atoms with Crippen molar-refractivity contribution >= 4 is 29.9 Å². The molecule has 1 aromatic heterocycles. The van der Waals surface area contributed by atoms with E-state index in [9.17, 15) is 0 Å². The quantitative estimate of drug-likeness (QED) is 0.273. The van der Waals surface area contributed by atoms with Crippen molar-refractivity contribution in [1.29, 1.82) is 0 Å². The molecule has 4 rings (SSSR count). The van der Waals surface area contributed by atoms with Gasteiger partial charge in [-0.1, -0.05) is 43.2 Å². The Labute approximate surface area is 209 Å². The highest BCUT2D eigenvalue weighted by Gasteiger charge is 2.35. The number of aromatic nitrogens is 3. The predicted octanol–water partition coefficient (Wildman–Crippen LogP) is 4.26. The fraction of sp³-hybridized carbons (Fsp3) is 0.625. The summed E-state index contributed by atoms with van der Waals surface area (Å²) in [6, 6.07) is 11.2. The Hall–Kier alpha value is -1.68. The lowest BCUT2D eigenvalue weighted by molar-refractivity contribution is 0.307. The standard InChI is InChI=1S/C24H37N7.HI/c1-4-25-23(28-21-13-10-16-31-22(21)27-19(3)30-31)26-17-24(14-8-9-15-24)29-18(2)20-11-6-5-7-12-20;/h5-7,11-12,18,21,29H,4,8-10,13-17H2,1-3H3,(H2,25,26,28);1H. The van der Waals surface area contributed by atoms with Gasteiger partial charge in [-0.3, -0.25) is 4.99 Å². The van der Waals surface area contributed by atoms with Crippen molar-refractivity contribution in [3.63, 3.8) is 0 Å². The molecule has 3 N–H and O–H groups in total. The average molecular weight is 552 g/mol. The Bertz CT molecular complexity index is 874. The van der Waals surface area contributed by atoms with Crippen LogP contribution in [-0.2, 0) is 6.54 Å². The monoisotopic (exact) mass is 551 g/mol. The molecule has 0 radical (unpaired) electrons. The third kappa shape index (κ3) is 6.01. The zero-order valence-corrected chi connectivity index (χ0v) is 21.9.